The molecule has 0 fully saturated rings. The van der Waals surface area contributed by atoms with Gasteiger partial charge >= 0.3 is 0 Å². The molecule has 2 aliphatic heterocycles. The number of nitrogens with zero attached hydrogens (tertiary/aromatic N) is 2. The largest absolute Gasteiger partial charge is 0.375 e. The van der Waals surface area contributed by atoms with Gasteiger partial charge in [0, 0.05) is 35.8 Å². The van der Waals surface area contributed by atoms with Gasteiger partial charge in [-0.2, -0.15) is 0 Å². The van der Waals surface area contributed by atoms with Crippen molar-refractivity contribution in [1.29, 1.82) is 0 Å². The van der Waals surface area contributed by atoms with Crippen LogP contribution in [0.15, 0.2) is 35.7 Å². The second-order valence-corrected chi connectivity index (χ2v) is 7.87. The number of aromatic nitrogens is 1. The lowest BCUT2D eigenvalue weighted by molar-refractivity contribution is 0.318. The smallest absolute Gasteiger partial charge is 0.180 e. The highest BCUT2D eigenvalue weighted by atomic mass is 32.1. The summed E-state index contributed by atoms with van der Waals surface area (Å²) in [6, 6.07) is 8.74. The van der Waals surface area contributed by atoms with Crippen molar-refractivity contribution in [3.63, 3.8) is 0 Å². The van der Waals surface area contributed by atoms with Crippen molar-refractivity contribution in [2.75, 3.05) is 25.4 Å². The SMILES string of the molecule is Nc1nc2c(s1)CCN(CC=Cc1ccc3scccc1-3)CC2. The van der Waals surface area contributed by atoms with Crippen molar-refractivity contribution in [1.82, 2.24) is 9.88 Å². The van der Waals surface area contributed by atoms with Crippen LogP contribution in [0.3, 0.4) is 0 Å². The Morgan fingerprint density at radius 2 is 2.13 bits per heavy atom. The van der Waals surface area contributed by atoms with Gasteiger partial charge in [0.25, 0.3) is 0 Å². The van der Waals surface area contributed by atoms with E-state index < -0.39 is 0 Å². The third-order valence-corrected chi connectivity index (χ3v) is 6.19. The maximum Gasteiger partial charge on any atom is 0.180 e. The summed E-state index contributed by atoms with van der Waals surface area (Å²) in [5, 5.41) is 2.85. The van der Waals surface area contributed by atoms with E-state index in [1.807, 2.05) is 0 Å². The van der Waals surface area contributed by atoms with Gasteiger partial charge in [0.15, 0.2) is 5.13 Å². The third-order valence-electron chi connectivity index (χ3n) is 4.30. The third kappa shape index (κ3) is 3.17. The van der Waals surface area contributed by atoms with E-state index in [9.17, 15) is 0 Å². The van der Waals surface area contributed by atoms with Crippen molar-refractivity contribution in [2.24, 2.45) is 0 Å². The van der Waals surface area contributed by atoms with Crippen molar-refractivity contribution < 1.29 is 0 Å². The first kappa shape index (κ1) is 14.9. The molecule has 2 N–H and O–H groups in total. The standard InChI is InChI=1S/C18H19N3S2/c19-18-20-15-7-10-21(11-8-17(15)23-18)9-1-3-13-5-6-16-14(13)4-2-12-22-16/h1-6,12H,7-11H2,(H2,19,20). The summed E-state index contributed by atoms with van der Waals surface area (Å²) in [6.45, 7) is 3.14. The highest BCUT2D eigenvalue weighted by Crippen LogP contribution is 2.32. The van der Waals surface area contributed by atoms with Gasteiger partial charge in [0.1, 0.15) is 0 Å². The normalized spacial score (nSPS) is 16.0. The van der Waals surface area contributed by atoms with Gasteiger partial charge in [-0.25, -0.2) is 4.98 Å². The van der Waals surface area contributed by atoms with Crippen LogP contribution in [0.5, 0.6) is 0 Å². The van der Waals surface area contributed by atoms with E-state index >= 15 is 0 Å². The summed E-state index contributed by atoms with van der Waals surface area (Å²) >= 11 is 3.45. The first-order valence-electron chi connectivity index (χ1n) is 7.89. The van der Waals surface area contributed by atoms with E-state index in [0.29, 0.717) is 5.13 Å². The van der Waals surface area contributed by atoms with Crippen molar-refractivity contribution in [3.05, 3.63) is 51.9 Å². The van der Waals surface area contributed by atoms with Gasteiger partial charge in [0.2, 0.25) is 0 Å². The number of hydrogen-bond donors (Lipinski definition) is 1. The summed E-state index contributed by atoms with van der Waals surface area (Å²) in [7, 11) is 0. The monoisotopic (exact) mass is 341 g/mol. The van der Waals surface area contributed by atoms with Crippen LogP contribution in [0.2, 0.25) is 0 Å². The topological polar surface area (TPSA) is 42.1 Å². The zero-order valence-corrected chi connectivity index (χ0v) is 14.5. The molecule has 0 aromatic carbocycles. The minimum absolute atomic E-state index is 0.715. The maximum absolute atomic E-state index is 5.81. The van der Waals surface area contributed by atoms with Gasteiger partial charge in [0.05, 0.1) is 5.69 Å². The van der Waals surface area contributed by atoms with Crippen LogP contribution in [0, 0.1) is 0 Å². The van der Waals surface area contributed by atoms with Crippen LogP contribution in [0.25, 0.3) is 16.5 Å². The number of nitrogen functional groups attached to an aromatic ring is 1. The Morgan fingerprint density at radius 3 is 3.09 bits per heavy atom. The Balaban J connectivity index is 1.39. The Hall–Kier alpha value is -1.69. The van der Waals surface area contributed by atoms with Crippen molar-refractivity contribution in [2.45, 2.75) is 12.8 Å². The summed E-state index contributed by atoms with van der Waals surface area (Å²) in [4.78, 5) is 9.68. The summed E-state index contributed by atoms with van der Waals surface area (Å²) in [5.41, 5.74) is 9.69. The summed E-state index contributed by atoms with van der Waals surface area (Å²) < 4.78 is 0. The van der Waals surface area contributed by atoms with Gasteiger partial charge in [-0.05, 0) is 29.0 Å². The lowest BCUT2D eigenvalue weighted by atomic mass is 10.2. The van der Waals surface area contributed by atoms with E-state index in [-0.39, 0.29) is 0 Å². The average Bonchev–Trinajstić information content (AvgIpc) is 3.08. The van der Waals surface area contributed by atoms with Gasteiger partial charge in [-0.1, -0.05) is 30.4 Å². The molecule has 118 valence electrons. The fourth-order valence-corrected chi connectivity index (χ4v) is 4.73. The van der Waals surface area contributed by atoms with Crippen LogP contribution in [-0.4, -0.2) is 29.5 Å². The van der Waals surface area contributed by atoms with Crippen LogP contribution in [0.4, 0.5) is 5.13 Å². The van der Waals surface area contributed by atoms with Crippen LogP contribution >= 0.6 is 22.7 Å². The maximum atomic E-state index is 5.81. The molecule has 3 heterocycles. The molecule has 5 heteroatoms. The quantitative estimate of drug-likeness (QED) is 0.783. The number of anilines is 1. The molecule has 1 aliphatic carbocycles. The zero-order chi connectivity index (χ0) is 15.6. The molecule has 3 nitrogen and oxygen atoms in total. The predicted octanol–water partition coefficient (Wildman–Crippen LogP) is 4.01. The van der Waals surface area contributed by atoms with E-state index in [2.05, 4.69) is 51.7 Å². The van der Waals surface area contributed by atoms with Crippen LogP contribution in [-0.2, 0) is 12.8 Å². The minimum Gasteiger partial charge on any atom is -0.375 e. The van der Waals surface area contributed by atoms with E-state index in [1.165, 1.54) is 26.6 Å². The average molecular weight is 342 g/mol. The number of fused-ring (bicyclic) bond motifs is 2. The molecular formula is C18H19N3S2. The zero-order valence-electron chi connectivity index (χ0n) is 12.9. The molecule has 0 radical (unpaired) electrons. The van der Waals surface area contributed by atoms with Gasteiger partial charge in [-0.3, -0.25) is 4.90 Å². The van der Waals surface area contributed by atoms with Crippen molar-refractivity contribution in [3.8, 4) is 10.4 Å². The van der Waals surface area contributed by atoms with E-state index in [0.717, 1.165) is 32.5 Å². The molecule has 0 atom stereocenters. The van der Waals surface area contributed by atoms with Crippen LogP contribution in [0.1, 0.15) is 16.1 Å². The predicted molar refractivity (Wildman–Crippen MR) is 100 cm³/mol. The minimum atomic E-state index is 0.715. The fraction of sp³-hybridized carbons (Fsp3) is 0.278. The summed E-state index contributed by atoms with van der Waals surface area (Å²) in [5.74, 6) is 0. The molecule has 4 rings (SSSR count). The molecule has 3 aliphatic rings. The second kappa shape index (κ2) is 6.43. The number of thiazole rings is 1. The Labute approximate surface area is 144 Å². The summed E-state index contributed by atoms with van der Waals surface area (Å²) in [6.07, 6.45) is 6.62. The van der Waals surface area contributed by atoms with Gasteiger partial charge in [-0.15, -0.1) is 22.7 Å². The highest BCUT2D eigenvalue weighted by molar-refractivity contribution is 7.15. The molecule has 0 bridgehead atoms. The lowest BCUT2D eigenvalue weighted by Gasteiger charge is -2.17. The molecule has 1 aromatic heterocycles. The first-order chi connectivity index (χ1) is 11.3. The molecular weight excluding hydrogens is 322 g/mol. The molecule has 0 amide bonds. The molecule has 23 heavy (non-hydrogen) atoms. The number of rotatable bonds is 3. The Kier molecular flexibility index (Phi) is 4.16. The van der Waals surface area contributed by atoms with Crippen LogP contribution < -0.4 is 5.73 Å². The molecule has 0 saturated heterocycles. The lowest BCUT2D eigenvalue weighted by Crippen LogP contribution is -2.26. The fourth-order valence-electron chi connectivity index (χ4n) is 3.10. The molecule has 0 spiro atoms. The number of hydrogen-bond acceptors (Lipinski definition) is 5. The highest BCUT2D eigenvalue weighted by Gasteiger charge is 2.16. The Morgan fingerprint density at radius 1 is 1.22 bits per heavy atom. The van der Waals surface area contributed by atoms with E-state index in [4.69, 9.17) is 5.73 Å². The van der Waals surface area contributed by atoms with Gasteiger partial charge < -0.3 is 5.73 Å². The molecule has 1 aromatic rings. The molecule has 0 unspecified atom stereocenters. The second-order valence-electron chi connectivity index (χ2n) is 5.80. The molecule has 0 saturated carbocycles. The van der Waals surface area contributed by atoms with Crippen molar-refractivity contribution >= 4 is 33.9 Å². The number of nitrogens with two attached hydrogens (primary N) is 1. The Bertz CT molecular complexity index is 777. The van der Waals surface area contributed by atoms with E-state index in [1.54, 1.807) is 22.7 Å². The first-order valence-corrected chi connectivity index (χ1v) is 9.58.